The fraction of sp³-hybridized carbons (Fsp3) is 0.300. The molecule has 10 nitrogen and oxygen atoms in total. The number of urea groups is 2. The molecule has 0 saturated carbocycles. The van der Waals surface area contributed by atoms with Crippen molar-refractivity contribution in [1.29, 1.82) is 0 Å². The number of benzene rings is 3. The van der Waals surface area contributed by atoms with Crippen molar-refractivity contribution in [3.63, 3.8) is 0 Å². The number of fused-ring (bicyclic) bond motifs is 1. The molecule has 4 N–H and O–H groups in total. The number of anilines is 3. The number of nitrogens with zero attached hydrogens (tertiary/aromatic N) is 2. The Bertz CT molecular complexity index is 1420. The SMILES string of the molecule is C[C@@H]1CN([C@H](C)CO)C(=O)c2cccc(NC(=O)Nc3ccc(F)cc3)c2O[C@H]1CN(C)C(=O)Nc1ccc(F)cc1. The van der Waals surface area contributed by atoms with Gasteiger partial charge in [-0.3, -0.25) is 4.79 Å². The molecule has 0 unspecified atom stereocenters. The Morgan fingerprint density at radius 2 is 1.60 bits per heavy atom. The van der Waals surface area contributed by atoms with Crippen LogP contribution in [0, 0.1) is 17.6 Å². The summed E-state index contributed by atoms with van der Waals surface area (Å²) in [5, 5.41) is 17.9. The second kappa shape index (κ2) is 13.3. The van der Waals surface area contributed by atoms with Crippen LogP contribution in [-0.4, -0.2) is 71.8 Å². The number of halogens is 2. The molecule has 0 radical (unpaired) electrons. The van der Waals surface area contributed by atoms with Crippen molar-refractivity contribution in [1.82, 2.24) is 9.80 Å². The molecule has 5 amide bonds. The normalized spacial score (nSPS) is 17.2. The molecule has 0 aliphatic carbocycles. The maximum atomic E-state index is 13.6. The van der Waals surface area contributed by atoms with Gasteiger partial charge in [0.25, 0.3) is 5.91 Å². The number of ether oxygens (including phenoxy) is 1. The third-order valence-electron chi connectivity index (χ3n) is 6.94. The number of carbonyl (C=O) groups is 3. The molecule has 0 saturated heterocycles. The Labute approximate surface area is 242 Å². The standard InChI is InChI=1S/C30H33F2N5O5/c1-18-15-37(19(2)17-38)28(39)24-5-4-6-25(35-29(40)33-22-11-7-20(31)8-12-22)27(24)42-26(18)16-36(3)30(41)34-23-13-9-21(32)10-14-23/h4-14,18-19,26,38H,15-17H2,1-3H3,(H,34,41)(H2,33,35,40)/t18-,19-,26+/m1/s1. The molecule has 1 aliphatic heterocycles. The first-order valence-electron chi connectivity index (χ1n) is 13.4. The molecule has 0 spiro atoms. The average Bonchev–Trinajstić information content (AvgIpc) is 2.97. The van der Waals surface area contributed by atoms with Gasteiger partial charge in [-0.05, 0) is 67.6 Å². The molecule has 0 aromatic heterocycles. The van der Waals surface area contributed by atoms with Crippen LogP contribution >= 0.6 is 0 Å². The number of likely N-dealkylation sites (N-methyl/N-ethyl adjacent to an activating group) is 1. The van der Waals surface area contributed by atoms with E-state index in [1.807, 2.05) is 6.92 Å². The van der Waals surface area contributed by atoms with Crippen molar-refractivity contribution >= 4 is 35.0 Å². The average molecular weight is 582 g/mol. The molecular formula is C30H33F2N5O5. The highest BCUT2D eigenvalue weighted by molar-refractivity contribution is 6.04. The van der Waals surface area contributed by atoms with Crippen molar-refractivity contribution in [2.75, 3.05) is 42.7 Å². The van der Waals surface area contributed by atoms with Crippen LogP contribution in [0.2, 0.25) is 0 Å². The molecule has 4 rings (SSSR count). The van der Waals surface area contributed by atoms with Crippen molar-refractivity contribution in [2.24, 2.45) is 5.92 Å². The predicted octanol–water partition coefficient (Wildman–Crippen LogP) is 4.99. The molecule has 42 heavy (non-hydrogen) atoms. The van der Waals surface area contributed by atoms with Crippen LogP contribution in [0.15, 0.2) is 66.7 Å². The lowest BCUT2D eigenvalue weighted by Crippen LogP contribution is -2.50. The van der Waals surface area contributed by atoms with Gasteiger partial charge < -0.3 is 35.6 Å². The second-order valence-corrected chi connectivity index (χ2v) is 10.2. The number of carbonyl (C=O) groups excluding carboxylic acids is 3. The number of aliphatic hydroxyl groups is 1. The zero-order valence-electron chi connectivity index (χ0n) is 23.4. The summed E-state index contributed by atoms with van der Waals surface area (Å²) in [5.74, 6) is -1.46. The molecule has 3 aromatic rings. The van der Waals surface area contributed by atoms with Crippen LogP contribution in [0.5, 0.6) is 5.75 Å². The highest BCUT2D eigenvalue weighted by Gasteiger charge is 2.35. The Morgan fingerprint density at radius 3 is 2.19 bits per heavy atom. The van der Waals surface area contributed by atoms with E-state index < -0.39 is 35.8 Å². The van der Waals surface area contributed by atoms with Crippen LogP contribution in [0.1, 0.15) is 24.2 Å². The quantitative estimate of drug-likeness (QED) is 0.313. The van der Waals surface area contributed by atoms with Gasteiger partial charge in [-0.2, -0.15) is 0 Å². The van der Waals surface area contributed by atoms with Crippen LogP contribution in [0.4, 0.5) is 35.4 Å². The predicted molar refractivity (Wildman–Crippen MR) is 155 cm³/mol. The van der Waals surface area contributed by atoms with Gasteiger partial charge in [0.1, 0.15) is 17.7 Å². The Balaban J connectivity index is 1.61. The van der Waals surface area contributed by atoms with E-state index in [4.69, 9.17) is 4.74 Å². The van der Waals surface area contributed by atoms with Crippen LogP contribution < -0.4 is 20.7 Å². The van der Waals surface area contributed by atoms with Gasteiger partial charge in [0, 0.05) is 30.9 Å². The van der Waals surface area contributed by atoms with Gasteiger partial charge in [-0.25, -0.2) is 18.4 Å². The molecule has 1 aliphatic rings. The largest absolute Gasteiger partial charge is 0.485 e. The number of hydrogen-bond acceptors (Lipinski definition) is 5. The maximum absolute atomic E-state index is 13.6. The lowest BCUT2D eigenvalue weighted by molar-refractivity contribution is 0.0373. The van der Waals surface area contributed by atoms with Gasteiger partial charge in [-0.15, -0.1) is 0 Å². The molecule has 222 valence electrons. The van der Waals surface area contributed by atoms with Gasteiger partial charge in [-0.1, -0.05) is 13.0 Å². The first-order chi connectivity index (χ1) is 20.0. The minimum Gasteiger partial charge on any atom is -0.485 e. The summed E-state index contributed by atoms with van der Waals surface area (Å²) in [5.41, 5.74) is 1.14. The van der Waals surface area contributed by atoms with E-state index in [1.165, 1.54) is 53.4 Å². The Morgan fingerprint density at radius 1 is 1.00 bits per heavy atom. The van der Waals surface area contributed by atoms with Crippen molar-refractivity contribution in [3.05, 3.63) is 83.9 Å². The van der Waals surface area contributed by atoms with E-state index in [9.17, 15) is 28.3 Å². The topological polar surface area (TPSA) is 123 Å². The van der Waals surface area contributed by atoms with Crippen molar-refractivity contribution in [2.45, 2.75) is 26.0 Å². The zero-order valence-corrected chi connectivity index (χ0v) is 23.4. The zero-order chi connectivity index (χ0) is 30.4. The van der Waals surface area contributed by atoms with E-state index in [0.29, 0.717) is 11.4 Å². The molecule has 0 fully saturated rings. The van der Waals surface area contributed by atoms with Crippen LogP contribution in [0.25, 0.3) is 0 Å². The van der Waals surface area contributed by atoms with Crippen molar-refractivity contribution in [3.8, 4) is 5.75 Å². The van der Waals surface area contributed by atoms with E-state index in [2.05, 4.69) is 16.0 Å². The third kappa shape index (κ3) is 7.32. The Kier molecular flexibility index (Phi) is 9.58. The summed E-state index contributed by atoms with van der Waals surface area (Å²) in [6.45, 7) is 3.66. The van der Waals surface area contributed by atoms with Crippen LogP contribution in [-0.2, 0) is 0 Å². The number of aliphatic hydroxyl groups excluding tert-OH is 1. The first-order valence-corrected chi connectivity index (χ1v) is 13.4. The van der Waals surface area contributed by atoms with E-state index in [-0.39, 0.29) is 48.5 Å². The third-order valence-corrected chi connectivity index (χ3v) is 6.94. The Hall–Kier alpha value is -4.71. The minimum absolute atomic E-state index is 0.0965. The second-order valence-electron chi connectivity index (χ2n) is 10.2. The molecular weight excluding hydrogens is 548 g/mol. The number of hydrogen-bond donors (Lipinski definition) is 4. The molecule has 3 atom stereocenters. The van der Waals surface area contributed by atoms with Crippen LogP contribution in [0.3, 0.4) is 0 Å². The maximum Gasteiger partial charge on any atom is 0.323 e. The number of nitrogens with one attached hydrogen (secondary N) is 3. The summed E-state index contributed by atoms with van der Waals surface area (Å²) in [4.78, 5) is 42.3. The number of amides is 5. The monoisotopic (exact) mass is 581 g/mol. The fourth-order valence-corrected chi connectivity index (χ4v) is 4.48. The first kappa shape index (κ1) is 30.3. The summed E-state index contributed by atoms with van der Waals surface area (Å²) in [6, 6.07) is 13.7. The smallest absolute Gasteiger partial charge is 0.323 e. The summed E-state index contributed by atoms with van der Waals surface area (Å²) >= 11 is 0. The highest BCUT2D eigenvalue weighted by Crippen LogP contribution is 2.35. The molecule has 3 aromatic carbocycles. The van der Waals surface area contributed by atoms with E-state index >= 15 is 0 Å². The number of rotatable bonds is 7. The summed E-state index contributed by atoms with van der Waals surface area (Å²) < 4.78 is 32.9. The lowest BCUT2D eigenvalue weighted by Gasteiger charge is -2.38. The fourth-order valence-electron chi connectivity index (χ4n) is 4.48. The molecule has 1 heterocycles. The van der Waals surface area contributed by atoms with Crippen molar-refractivity contribution < 1.29 is 33.0 Å². The number of para-hydroxylation sites is 1. The highest BCUT2D eigenvalue weighted by atomic mass is 19.1. The van der Waals surface area contributed by atoms with E-state index in [0.717, 1.165) is 0 Å². The minimum atomic E-state index is -0.644. The summed E-state index contributed by atoms with van der Waals surface area (Å²) in [7, 11) is 1.58. The molecule has 0 bridgehead atoms. The van der Waals surface area contributed by atoms with Gasteiger partial charge in [0.2, 0.25) is 0 Å². The van der Waals surface area contributed by atoms with E-state index in [1.54, 1.807) is 37.1 Å². The van der Waals surface area contributed by atoms with Gasteiger partial charge >= 0.3 is 12.1 Å². The van der Waals surface area contributed by atoms with Gasteiger partial charge in [0.05, 0.1) is 30.4 Å². The summed E-state index contributed by atoms with van der Waals surface area (Å²) in [6.07, 6.45) is -0.641. The molecule has 12 heteroatoms. The lowest BCUT2D eigenvalue weighted by atomic mass is 9.99. The van der Waals surface area contributed by atoms with Gasteiger partial charge in [0.15, 0.2) is 5.75 Å².